The maximum atomic E-state index is 11.6. The lowest BCUT2D eigenvalue weighted by atomic mass is 10.2. The maximum Gasteiger partial charge on any atom is 0.173 e. The van der Waals surface area contributed by atoms with Crippen LogP contribution in [0.4, 0.5) is 5.69 Å². The Balaban J connectivity index is 2.06. The maximum absolute atomic E-state index is 11.6. The van der Waals surface area contributed by atoms with Crippen LogP contribution in [0.5, 0.6) is 0 Å². The van der Waals surface area contributed by atoms with Gasteiger partial charge in [0.1, 0.15) is 0 Å². The minimum absolute atomic E-state index is 0.00481. The molecule has 1 saturated heterocycles. The van der Waals surface area contributed by atoms with Crippen LogP contribution in [-0.4, -0.2) is 42.5 Å². The molecule has 1 aromatic rings. The van der Waals surface area contributed by atoms with Crippen LogP contribution in [0.1, 0.15) is 18.9 Å². The average molecular weight is 312 g/mol. The van der Waals surface area contributed by atoms with Crippen LogP contribution < -0.4 is 5.32 Å². The molecule has 0 amide bonds. The predicted molar refractivity (Wildman–Crippen MR) is 86.8 cm³/mol. The summed E-state index contributed by atoms with van der Waals surface area (Å²) in [4.78, 5) is 1.97. The second-order valence-electron chi connectivity index (χ2n) is 5.14. The Bertz CT molecular complexity index is 599. The van der Waals surface area contributed by atoms with Gasteiger partial charge in [-0.3, -0.25) is 0 Å². The van der Waals surface area contributed by atoms with Crippen molar-refractivity contribution in [3.63, 3.8) is 0 Å². The van der Waals surface area contributed by atoms with E-state index in [0.717, 1.165) is 11.3 Å². The molecule has 0 aromatic heterocycles. The monoisotopic (exact) mass is 312 g/mol. The zero-order valence-corrected chi connectivity index (χ0v) is 13.4. The Labute approximate surface area is 126 Å². The highest BCUT2D eigenvalue weighted by Crippen LogP contribution is 2.19. The van der Waals surface area contributed by atoms with Crippen LogP contribution in [0.15, 0.2) is 24.3 Å². The molecule has 1 heterocycles. The van der Waals surface area contributed by atoms with E-state index < -0.39 is 9.84 Å². The van der Waals surface area contributed by atoms with Crippen molar-refractivity contribution in [3.05, 3.63) is 29.8 Å². The van der Waals surface area contributed by atoms with Gasteiger partial charge in [0.2, 0.25) is 0 Å². The van der Waals surface area contributed by atoms with Gasteiger partial charge in [-0.1, -0.05) is 12.1 Å². The molecule has 20 heavy (non-hydrogen) atoms. The van der Waals surface area contributed by atoms with Crippen molar-refractivity contribution in [2.75, 3.05) is 23.4 Å². The van der Waals surface area contributed by atoms with Crippen molar-refractivity contribution in [1.82, 2.24) is 4.90 Å². The van der Waals surface area contributed by atoms with Gasteiger partial charge < -0.3 is 10.2 Å². The zero-order chi connectivity index (χ0) is 14.8. The second-order valence-corrected chi connectivity index (χ2v) is 7.76. The van der Waals surface area contributed by atoms with E-state index >= 15 is 0 Å². The third-order valence-corrected chi connectivity index (χ3v) is 5.61. The van der Waals surface area contributed by atoms with Crippen molar-refractivity contribution in [3.8, 4) is 0 Å². The number of benzene rings is 1. The summed E-state index contributed by atoms with van der Waals surface area (Å²) in [6.45, 7) is 4.72. The Morgan fingerprint density at radius 2 is 2.25 bits per heavy atom. The summed E-state index contributed by atoms with van der Waals surface area (Å²) in [5, 5.41) is 3.80. The van der Waals surface area contributed by atoms with Gasteiger partial charge in [-0.05, 0) is 50.2 Å². The number of anilines is 1. The number of hydrogen-bond donors (Lipinski definition) is 1. The van der Waals surface area contributed by atoms with Gasteiger partial charge in [0.15, 0.2) is 14.9 Å². The fourth-order valence-electron chi connectivity index (χ4n) is 2.51. The normalized spacial score (nSPS) is 20.6. The highest BCUT2D eigenvalue weighted by Gasteiger charge is 2.32. The Kier molecular flexibility index (Phi) is 4.65. The standard InChI is InChI=1S/C14H20N2O2S2/c1-3-16(13-7-8-20(17,18)10-13)14(19)15-12-6-4-5-11(2)9-12/h4-6,9,13H,3,7-8,10H2,1-2H3,(H,15,19)/t13-/m1/s1. The molecule has 0 radical (unpaired) electrons. The van der Waals surface area contributed by atoms with Crippen molar-refractivity contribution in [2.24, 2.45) is 0 Å². The smallest absolute Gasteiger partial charge is 0.173 e. The number of rotatable bonds is 3. The van der Waals surface area contributed by atoms with Gasteiger partial charge >= 0.3 is 0 Å². The molecular weight excluding hydrogens is 292 g/mol. The minimum atomic E-state index is -2.89. The highest BCUT2D eigenvalue weighted by molar-refractivity contribution is 7.91. The quantitative estimate of drug-likeness (QED) is 0.867. The van der Waals surface area contributed by atoms with Crippen molar-refractivity contribution in [1.29, 1.82) is 0 Å². The first-order chi connectivity index (χ1) is 9.41. The van der Waals surface area contributed by atoms with Crippen molar-refractivity contribution in [2.45, 2.75) is 26.3 Å². The molecule has 0 unspecified atom stereocenters. The predicted octanol–water partition coefficient (Wildman–Crippen LogP) is 2.20. The van der Waals surface area contributed by atoms with E-state index in [1.54, 1.807) is 0 Å². The number of sulfone groups is 1. The molecule has 0 spiro atoms. The number of nitrogens with one attached hydrogen (secondary N) is 1. The summed E-state index contributed by atoms with van der Waals surface area (Å²) < 4.78 is 23.2. The van der Waals surface area contributed by atoms with Gasteiger partial charge in [-0.25, -0.2) is 8.42 Å². The van der Waals surface area contributed by atoms with Crippen molar-refractivity contribution >= 4 is 32.9 Å². The van der Waals surface area contributed by atoms with Gasteiger partial charge in [-0.2, -0.15) is 0 Å². The fourth-order valence-corrected chi connectivity index (χ4v) is 4.63. The first kappa shape index (κ1) is 15.3. The van der Waals surface area contributed by atoms with Crippen LogP contribution in [0.25, 0.3) is 0 Å². The van der Waals surface area contributed by atoms with Crippen LogP contribution in [-0.2, 0) is 9.84 Å². The molecule has 1 aliphatic rings. The van der Waals surface area contributed by atoms with Crippen LogP contribution in [0.3, 0.4) is 0 Å². The Morgan fingerprint density at radius 1 is 1.50 bits per heavy atom. The molecule has 110 valence electrons. The number of aryl methyl sites for hydroxylation is 1. The molecule has 0 aliphatic carbocycles. The fraction of sp³-hybridized carbons (Fsp3) is 0.500. The molecule has 4 nitrogen and oxygen atoms in total. The summed E-state index contributed by atoms with van der Waals surface area (Å²) in [6, 6.07) is 7.96. The number of thiocarbonyl (C=S) groups is 1. The molecule has 1 aromatic carbocycles. The van der Waals surface area contributed by atoms with E-state index in [9.17, 15) is 8.42 Å². The molecule has 6 heteroatoms. The van der Waals surface area contributed by atoms with Crippen LogP contribution >= 0.6 is 12.2 Å². The lowest BCUT2D eigenvalue weighted by molar-refractivity contribution is 0.355. The summed E-state index contributed by atoms with van der Waals surface area (Å²) >= 11 is 5.43. The van der Waals surface area contributed by atoms with E-state index in [0.29, 0.717) is 18.1 Å². The average Bonchev–Trinajstić information content (AvgIpc) is 2.70. The number of hydrogen-bond acceptors (Lipinski definition) is 3. The lowest BCUT2D eigenvalue weighted by Gasteiger charge is -2.29. The zero-order valence-electron chi connectivity index (χ0n) is 11.8. The highest BCUT2D eigenvalue weighted by atomic mass is 32.2. The molecule has 2 rings (SSSR count). The Morgan fingerprint density at radius 3 is 2.80 bits per heavy atom. The van der Waals surface area contributed by atoms with E-state index in [4.69, 9.17) is 12.2 Å². The second kappa shape index (κ2) is 6.10. The summed E-state index contributed by atoms with van der Waals surface area (Å²) in [6.07, 6.45) is 0.659. The van der Waals surface area contributed by atoms with Gasteiger partial charge in [0.05, 0.1) is 11.5 Å². The SMILES string of the molecule is CCN(C(=S)Nc1cccc(C)c1)[C@@H]1CCS(=O)(=O)C1. The number of nitrogens with zero attached hydrogens (tertiary/aromatic N) is 1. The third kappa shape index (κ3) is 3.70. The van der Waals surface area contributed by atoms with E-state index in [2.05, 4.69) is 5.32 Å². The molecule has 1 fully saturated rings. The van der Waals surface area contributed by atoms with Crippen LogP contribution in [0, 0.1) is 6.92 Å². The molecule has 0 bridgehead atoms. The van der Waals surface area contributed by atoms with E-state index in [-0.39, 0.29) is 17.5 Å². The minimum Gasteiger partial charge on any atom is -0.345 e. The molecular formula is C14H20N2O2S2. The van der Waals surface area contributed by atoms with Crippen molar-refractivity contribution < 1.29 is 8.42 Å². The Hall–Kier alpha value is -1.14. The molecule has 1 N–H and O–H groups in total. The largest absolute Gasteiger partial charge is 0.345 e. The van der Waals surface area contributed by atoms with Gasteiger partial charge in [0.25, 0.3) is 0 Å². The summed E-state index contributed by atoms with van der Waals surface area (Å²) in [7, 11) is -2.89. The van der Waals surface area contributed by atoms with E-state index in [1.165, 1.54) is 0 Å². The van der Waals surface area contributed by atoms with Gasteiger partial charge in [0, 0.05) is 18.3 Å². The third-order valence-electron chi connectivity index (χ3n) is 3.52. The molecule has 1 aliphatic heterocycles. The molecule has 1 atom stereocenters. The topological polar surface area (TPSA) is 49.4 Å². The summed E-state index contributed by atoms with van der Waals surface area (Å²) in [5.74, 6) is 0.470. The first-order valence-electron chi connectivity index (χ1n) is 6.76. The van der Waals surface area contributed by atoms with E-state index in [1.807, 2.05) is 43.0 Å². The summed E-state index contributed by atoms with van der Waals surface area (Å²) in [5.41, 5.74) is 2.10. The lowest BCUT2D eigenvalue weighted by Crippen LogP contribution is -2.43. The molecule has 0 saturated carbocycles. The van der Waals surface area contributed by atoms with Crippen LogP contribution in [0.2, 0.25) is 0 Å². The van der Waals surface area contributed by atoms with Gasteiger partial charge in [-0.15, -0.1) is 0 Å². The first-order valence-corrected chi connectivity index (χ1v) is 8.99.